The number of fused-ring (bicyclic) bond motifs is 1. The molecular weight excluding hydrogens is 340 g/mol. The van der Waals surface area contributed by atoms with E-state index in [-0.39, 0.29) is 5.41 Å². The van der Waals surface area contributed by atoms with E-state index in [4.69, 9.17) is 0 Å². The first kappa shape index (κ1) is 18.6. The van der Waals surface area contributed by atoms with Crippen LogP contribution in [0, 0.1) is 0 Å². The van der Waals surface area contributed by atoms with Crippen LogP contribution in [0.25, 0.3) is 10.1 Å². The van der Waals surface area contributed by atoms with Crippen LogP contribution in [0.5, 0.6) is 0 Å². The number of anilines is 1. The molecule has 3 nitrogen and oxygen atoms in total. The maximum Gasteiger partial charge on any atom is 0.144 e. The van der Waals surface area contributed by atoms with Crippen LogP contribution in [0.1, 0.15) is 57.2 Å². The second-order valence-electron chi connectivity index (χ2n) is 7.91. The summed E-state index contributed by atoms with van der Waals surface area (Å²) in [5, 5.41) is 17.5. The van der Waals surface area contributed by atoms with Gasteiger partial charge in [0.05, 0.1) is 6.21 Å². The van der Waals surface area contributed by atoms with E-state index in [0.717, 1.165) is 20.8 Å². The lowest BCUT2D eigenvalue weighted by Crippen LogP contribution is -2.16. The fourth-order valence-electron chi connectivity index (χ4n) is 2.97. The Hall–Kier alpha value is -2.17. The number of nitrogens with zero attached hydrogens (tertiary/aromatic N) is 2. The molecule has 1 heterocycles. The SMILES string of the molecule is CC(C)c1ccc(C(C)(C)C)c(/C=N/N(O)c2cc3ccccc3s2)c1. The summed E-state index contributed by atoms with van der Waals surface area (Å²) >= 11 is 1.52. The molecule has 0 aliphatic heterocycles. The van der Waals surface area contributed by atoms with Gasteiger partial charge >= 0.3 is 0 Å². The van der Waals surface area contributed by atoms with Gasteiger partial charge in [-0.25, -0.2) is 0 Å². The molecule has 1 aromatic heterocycles. The van der Waals surface area contributed by atoms with Gasteiger partial charge in [-0.1, -0.05) is 65.0 Å². The van der Waals surface area contributed by atoms with Crippen molar-refractivity contribution in [2.45, 2.75) is 46.0 Å². The lowest BCUT2D eigenvalue weighted by molar-refractivity contribution is 0.263. The zero-order valence-electron chi connectivity index (χ0n) is 16.0. The van der Waals surface area contributed by atoms with Gasteiger partial charge in [-0.2, -0.15) is 5.10 Å². The fourth-order valence-corrected chi connectivity index (χ4v) is 3.90. The predicted molar refractivity (Wildman–Crippen MR) is 113 cm³/mol. The molecular formula is C22H26N2OS. The van der Waals surface area contributed by atoms with Gasteiger partial charge in [0.25, 0.3) is 0 Å². The minimum atomic E-state index is 0.00869. The lowest BCUT2D eigenvalue weighted by atomic mass is 9.82. The van der Waals surface area contributed by atoms with Crippen LogP contribution in [0.3, 0.4) is 0 Å². The third-order valence-electron chi connectivity index (χ3n) is 4.47. The second kappa shape index (κ2) is 7.22. The Morgan fingerprint density at radius 1 is 1.08 bits per heavy atom. The molecule has 1 N–H and O–H groups in total. The van der Waals surface area contributed by atoms with Crippen molar-refractivity contribution < 1.29 is 5.21 Å². The van der Waals surface area contributed by atoms with E-state index in [1.54, 1.807) is 6.21 Å². The molecule has 0 aliphatic carbocycles. The Morgan fingerprint density at radius 2 is 1.81 bits per heavy atom. The van der Waals surface area contributed by atoms with Crippen molar-refractivity contribution in [2.24, 2.45) is 5.10 Å². The Labute approximate surface area is 159 Å². The maximum atomic E-state index is 10.4. The molecule has 26 heavy (non-hydrogen) atoms. The number of benzene rings is 2. The average molecular weight is 367 g/mol. The largest absolute Gasteiger partial charge is 0.266 e. The van der Waals surface area contributed by atoms with Crippen LogP contribution < -0.4 is 5.17 Å². The molecule has 0 spiro atoms. The van der Waals surface area contributed by atoms with Crippen LogP contribution in [0.4, 0.5) is 5.00 Å². The van der Waals surface area contributed by atoms with Crippen LogP contribution in [-0.4, -0.2) is 11.4 Å². The van der Waals surface area contributed by atoms with Crippen molar-refractivity contribution in [3.8, 4) is 0 Å². The van der Waals surface area contributed by atoms with E-state index in [1.807, 2.05) is 30.3 Å². The van der Waals surface area contributed by atoms with Crippen molar-refractivity contribution in [1.29, 1.82) is 0 Å². The summed E-state index contributed by atoms with van der Waals surface area (Å²) in [5.74, 6) is 0.448. The molecule has 0 radical (unpaired) electrons. The topological polar surface area (TPSA) is 35.8 Å². The highest BCUT2D eigenvalue weighted by atomic mass is 32.1. The van der Waals surface area contributed by atoms with Gasteiger partial charge in [0.1, 0.15) is 5.00 Å². The highest BCUT2D eigenvalue weighted by molar-refractivity contribution is 7.22. The average Bonchev–Trinajstić information content (AvgIpc) is 3.02. The molecule has 0 saturated carbocycles. The molecule has 0 amide bonds. The molecule has 0 saturated heterocycles. The van der Waals surface area contributed by atoms with E-state index in [2.05, 4.69) is 57.9 Å². The number of hydrogen-bond acceptors (Lipinski definition) is 4. The van der Waals surface area contributed by atoms with Crippen molar-refractivity contribution in [2.75, 3.05) is 5.17 Å². The van der Waals surface area contributed by atoms with Gasteiger partial charge in [-0.3, -0.25) is 5.21 Å². The second-order valence-corrected chi connectivity index (χ2v) is 8.97. The Bertz CT molecular complexity index is 902. The zero-order valence-corrected chi connectivity index (χ0v) is 16.8. The van der Waals surface area contributed by atoms with Gasteiger partial charge in [0.2, 0.25) is 0 Å². The highest BCUT2D eigenvalue weighted by Gasteiger charge is 2.18. The smallest absolute Gasteiger partial charge is 0.144 e. The summed E-state index contributed by atoms with van der Waals surface area (Å²) in [4.78, 5) is 0. The minimum absolute atomic E-state index is 0.00869. The molecule has 4 heteroatoms. The van der Waals surface area contributed by atoms with E-state index < -0.39 is 0 Å². The van der Waals surface area contributed by atoms with E-state index >= 15 is 0 Å². The Morgan fingerprint density at radius 3 is 2.46 bits per heavy atom. The van der Waals surface area contributed by atoms with Gasteiger partial charge in [-0.05, 0) is 51.6 Å². The number of thiophene rings is 1. The van der Waals surface area contributed by atoms with Crippen LogP contribution in [0.15, 0.2) is 53.6 Å². The normalized spacial score (nSPS) is 12.4. The predicted octanol–water partition coefficient (Wildman–Crippen LogP) is 6.55. The van der Waals surface area contributed by atoms with Crippen molar-refractivity contribution in [1.82, 2.24) is 0 Å². The lowest BCUT2D eigenvalue weighted by Gasteiger charge is -2.23. The van der Waals surface area contributed by atoms with Crippen molar-refractivity contribution >= 4 is 32.6 Å². The summed E-state index contributed by atoms with van der Waals surface area (Å²) in [7, 11) is 0. The third-order valence-corrected chi connectivity index (χ3v) is 5.55. The molecule has 136 valence electrons. The summed E-state index contributed by atoms with van der Waals surface area (Å²) < 4.78 is 1.13. The molecule has 0 bridgehead atoms. The first-order chi connectivity index (χ1) is 12.3. The molecule has 3 rings (SSSR count). The molecule has 0 atom stereocenters. The summed E-state index contributed by atoms with van der Waals surface area (Å²) in [6.07, 6.45) is 1.76. The molecule has 0 unspecified atom stereocenters. The molecule has 3 aromatic rings. The van der Waals surface area contributed by atoms with E-state index in [9.17, 15) is 5.21 Å². The number of hydrogen-bond donors (Lipinski definition) is 1. The first-order valence-corrected chi connectivity index (χ1v) is 9.73. The standard InChI is InChI=1S/C22H26N2OS/c1-15(2)16-10-11-19(22(3,4)5)18(12-16)14-23-24(25)21-13-17-8-6-7-9-20(17)26-21/h6-15,25H,1-5H3/b23-14+. The Balaban J connectivity index is 1.94. The number of hydrazone groups is 1. The highest BCUT2D eigenvalue weighted by Crippen LogP contribution is 2.32. The molecule has 2 aromatic carbocycles. The molecule has 0 fully saturated rings. The summed E-state index contributed by atoms with van der Waals surface area (Å²) in [6.45, 7) is 10.9. The monoisotopic (exact) mass is 366 g/mol. The third kappa shape index (κ3) is 3.97. The maximum absolute atomic E-state index is 10.4. The van der Waals surface area contributed by atoms with Crippen molar-refractivity contribution in [3.63, 3.8) is 0 Å². The Kier molecular flexibility index (Phi) is 5.17. The molecule has 0 aliphatic rings. The fraction of sp³-hybridized carbons (Fsp3) is 0.318. The van der Waals surface area contributed by atoms with E-state index in [0.29, 0.717) is 10.9 Å². The first-order valence-electron chi connectivity index (χ1n) is 8.91. The van der Waals surface area contributed by atoms with Gasteiger partial charge in [0, 0.05) is 4.70 Å². The quantitative estimate of drug-likeness (QED) is 0.420. The van der Waals surface area contributed by atoms with Gasteiger partial charge < -0.3 is 0 Å². The summed E-state index contributed by atoms with van der Waals surface area (Å²) in [6, 6.07) is 16.6. The van der Waals surface area contributed by atoms with Gasteiger partial charge in [0.15, 0.2) is 0 Å². The van der Waals surface area contributed by atoms with E-state index in [1.165, 1.54) is 22.5 Å². The van der Waals surface area contributed by atoms with Crippen LogP contribution in [-0.2, 0) is 5.41 Å². The number of rotatable bonds is 4. The van der Waals surface area contributed by atoms with Crippen LogP contribution in [0.2, 0.25) is 0 Å². The van der Waals surface area contributed by atoms with Crippen molar-refractivity contribution in [3.05, 3.63) is 65.2 Å². The zero-order chi connectivity index (χ0) is 18.9. The van der Waals surface area contributed by atoms with Gasteiger partial charge in [-0.15, -0.1) is 16.5 Å². The van der Waals surface area contributed by atoms with Crippen LogP contribution >= 0.6 is 11.3 Å². The minimum Gasteiger partial charge on any atom is -0.266 e. The summed E-state index contributed by atoms with van der Waals surface area (Å²) in [5.41, 5.74) is 3.54.